The fourth-order valence-corrected chi connectivity index (χ4v) is 3.92. The Balaban J connectivity index is 1.85. The first-order valence-corrected chi connectivity index (χ1v) is 11.0. The zero-order valence-corrected chi connectivity index (χ0v) is 18.3. The molecule has 1 heterocycles. The fourth-order valence-electron chi connectivity index (χ4n) is 3.51. The summed E-state index contributed by atoms with van der Waals surface area (Å²) in [7, 11) is 0. The summed E-state index contributed by atoms with van der Waals surface area (Å²) in [5.41, 5.74) is 6.51. The molecule has 1 amide bonds. The van der Waals surface area contributed by atoms with E-state index >= 15 is 0 Å². The van der Waals surface area contributed by atoms with Gasteiger partial charge in [-0.05, 0) is 56.6 Å². The molecule has 0 aliphatic heterocycles. The normalized spacial score (nSPS) is 10.8. The SMILES string of the molecule is CSc1nc(C)c(C(=O)NCCCc2ccccc2)c(-c2c(C)cccc2C)n1. The lowest BCUT2D eigenvalue weighted by Gasteiger charge is -2.16. The molecule has 3 rings (SSSR count). The van der Waals surface area contributed by atoms with Crippen LogP contribution >= 0.6 is 11.8 Å². The second-order valence-electron chi connectivity index (χ2n) is 7.13. The zero-order chi connectivity index (χ0) is 20.8. The first-order chi connectivity index (χ1) is 14.0. The number of nitrogens with one attached hydrogen (secondary N) is 1. The van der Waals surface area contributed by atoms with Crippen molar-refractivity contribution < 1.29 is 4.79 Å². The van der Waals surface area contributed by atoms with Crippen LogP contribution in [0.4, 0.5) is 0 Å². The third-order valence-electron chi connectivity index (χ3n) is 4.97. The molecular weight excluding hydrogens is 378 g/mol. The van der Waals surface area contributed by atoms with E-state index < -0.39 is 0 Å². The summed E-state index contributed by atoms with van der Waals surface area (Å²) in [6, 6.07) is 16.5. The Hall–Kier alpha value is -2.66. The van der Waals surface area contributed by atoms with Crippen LogP contribution in [0.5, 0.6) is 0 Å². The first kappa shape index (κ1) is 21.1. The lowest BCUT2D eigenvalue weighted by Crippen LogP contribution is -2.27. The summed E-state index contributed by atoms with van der Waals surface area (Å²) >= 11 is 1.49. The predicted octanol–water partition coefficient (Wildman–Crippen LogP) is 5.15. The maximum absolute atomic E-state index is 13.1. The maximum Gasteiger partial charge on any atom is 0.255 e. The lowest BCUT2D eigenvalue weighted by atomic mass is 9.95. The molecule has 0 aliphatic rings. The molecule has 150 valence electrons. The number of thioether (sulfide) groups is 1. The van der Waals surface area contributed by atoms with Crippen molar-refractivity contribution in [2.75, 3.05) is 12.8 Å². The van der Waals surface area contributed by atoms with Crippen molar-refractivity contribution in [2.45, 2.75) is 38.8 Å². The molecule has 1 aromatic heterocycles. The van der Waals surface area contributed by atoms with Gasteiger partial charge in [0.15, 0.2) is 5.16 Å². The Morgan fingerprint density at radius 2 is 1.66 bits per heavy atom. The molecule has 29 heavy (non-hydrogen) atoms. The predicted molar refractivity (Wildman–Crippen MR) is 121 cm³/mol. The molecule has 2 aromatic carbocycles. The van der Waals surface area contributed by atoms with Crippen LogP contribution in [-0.4, -0.2) is 28.7 Å². The van der Waals surface area contributed by atoms with Crippen LogP contribution in [0, 0.1) is 20.8 Å². The van der Waals surface area contributed by atoms with Gasteiger partial charge in [-0.25, -0.2) is 9.97 Å². The summed E-state index contributed by atoms with van der Waals surface area (Å²) in [5.74, 6) is -0.110. The van der Waals surface area contributed by atoms with Crippen molar-refractivity contribution in [1.82, 2.24) is 15.3 Å². The van der Waals surface area contributed by atoms with Crippen molar-refractivity contribution in [3.05, 3.63) is 76.5 Å². The van der Waals surface area contributed by atoms with Gasteiger partial charge in [0, 0.05) is 12.1 Å². The number of hydrogen-bond donors (Lipinski definition) is 1. The highest BCUT2D eigenvalue weighted by Gasteiger charge is 2.21. The molecule has 0 saturated heterocycles. The number of nitrogens with zero attached hydrogens (tertiary/aromatic N) is 2. The van der Waals surface area contributed by atoms with Gasteiger partial charge >= 0.3 is 0 Å². The minimum Gasteiger partial charge on any atom is -0.352 e. The second kappa shape index (κ2) is 9.70. The molecule has 0 unspecified atom stereocenters. The van der Waals surface area contributed by atoms with Crippen LogP contribution in [0.15, 0.2) is 53.7 Å². The van der Waals surface area contributed by atoms with Gasteiger partial charge in [0.1, 0.15) is 0 Å². The average Bonchev–Trinajstić information content (AvgIpc) is 2.71. The number of carbonyl (C=O) groups excluding carboxylic acids is 1. The van der Waals surface area contributed by atoms with Gasteiger partial charge in [0.05, 0.1) is 17.0 Å². The Morgan fingerprint density at radius 3 is 2.31 bits per heavy atom. The molecule has 4 nitrogen and oxygen atoms in total. The van der Waals surface area contributed by atoms with Gasteiger partial charge in [-0.2, -0.15) is 0 Å². The van der Waals surface area contributed by atoms with Gasteiger partial charge < -0.3 is 5.32 Å². The van der Waals surface area contributed by atoms with E-state index in [1.807, 2.05) is 37.4 Å². The maximum atomic E-state index is 13.1. The van der Waals surface area contributed by atoms with Gasteiger partial charge in [0.25, 0.3) is 5.91 Å². The first-order valence-electron chi connectivity index (χ1n) is 9.82. The third-order valence-corrected chi connectivity index (χ3v) is 5.52. The van der Waals surface area contributed by atoms with Gasteiger partial charge in [0.2, 0.25) is 0 Å². The largest absolute Gasteiger partial charge is 0.352 e. The molecule has 5 heteroatoms. The summed E-state index contributed by atoms with van der Waals surface area (Å²) in [6.07, 6.45) is 3.77. The van der Waals surface area contributed by atoms with Crippen molar-refractivity contribution >= 4 is 17.7 Å². The van der Waals surface area contributed by atoms with E-state index in [1.165, 1.54) is 17.3 Å². The van der Waals surface area contributed by atoms with Gasteiger partial charge in [-0.15, -0.1) is 0 Å². The van der Waals surface area contributed by atoms with E-state index in [4.69, 9.17) is 4.98 Å². The molecule has 1 N–H and O–H groups in total. The summed E-state index contributed by atoms with van der Waals surface area (Å²) in [4.78, 5) is 22.4. The van der Waals surface area contributed by atoms with Crippen molar-refractivity contribution in [2.24, 2.45) is 0 Å². The molecule has 0 aliphatic carbocycles. The van der Waals surface area contributed by atoms with Gasteiger partial charge in [-0.1, -0.05) is 60.3 Å². The van der Waals surface area contributed by atoms with E-state index in [0.29, 0.717) is 23.0 Å². The topological polar surface area (TPSA) is 54.9 Å². The molecule has 0 atom stereocenters. The third kappa shape index (κ3) is 5.04. The number of rotatable bonds is 7. The fraction of sp³-hybridized carbons (Fsp3) is 0.292. The number of aryl methyl sites for hydroxylation is 4. The number of hydrogen-bond acceptors (Lipinski definition) is 4. The average molecular weight is 406 g/mol. The Bertz CT molecular complexity index is 982. The van der Waals surface area contributed by atoms with Crippen LogP contribution in [0.3, 0.4) is 0 Å². The number of amides is 1. The standard InChI is InChI=1S/C24H27N3OS/c1-16-10-8-11-17(2)20(16)22-21(18(3)26-24(27-22)29-4)23(28)25-15-9-14-19-12-6-5-7-13-19/h5-8,10-13H,9,14-15H2,1-4H3,(H,25,28). The number of aromatic nitrogens is 2. The smallest absolute Gasteiger partial charge is 0.255 e. The summed E-state index contributed by atoms with van der Waals surface area (Å²) < 4.78 is 0. The molecule has 0 saturated carbocycles. The Labute approximate surface area is 177 Å². The van der Waals surface area contributed by atoms with Gasteiger partial charge in [-0.3, -0.25) is 4.79 Å². The van der Waals surface area contributed by atoms with E-state index in [1.54, 1.807) is 0 Å². The van der Waals surface area contributed by atoms with Crippen LogP contribution in [-0.2, 0) is 6.42 Å². The lowest BCUT2D eigenvalue weighted by molar-refractivity contribution is 0.0952. The van der Waals surface area contributed by atoms with E-state index in [2.05, 4.69) is 48.4 Å². The summed E-state index contributed by atoms with van der Waals surface area (Å²) in [5, 5.41) is 3.75. The molecule has 3 aromatic rings. The van der Waals surface area contributed by atoms with E-state index in [-0.39, 0.29) is 5.91 Å². The Morgan fingerprint density at radius 1 is 0.966 bits per heavy atom. The molecule has 0 fully saturated rings. The second-order valence-corrected chi connectivity index (χ2v) is 7.90. The van der Waals surface area contributed by atoms with Crippen LogP contribution in [0.25, 0.3) is 11.3 Å². The highest BCUT2D eigenvalue weighted by molar-refractivity contribution is 7.98. The Kier molecular flexibility index (Phi) is 7.04. The van der Waals surface area contributed by atoms with Crippen LogP contribution < -0.4 is 5.32 Å². The van der Waals surface area contributed by atoms with E-state index in [0.717, 1.165) is 35.2 Å². The zero-order valence-electron chi connectivity index (χ0n) is 17.5. The van der Waals surface area contributed by atoms with Crippen molar-refractivity contribution in [3.8, 4) is 11.3 Å². The highest BCUT2D eigenvalue weighted by atomic mass is 32.2. The van der Waals surface area contributed by atoms with Crippen molar-refractivity contribution in [1.29, 1.82) is 0 Å². The molecule has 0 bridgehead atoms. The molecule has 0 spiro atoms. The quantitative estimate of drug-likeness (QED) is 0.335. The van der Waals surface area contributed by atoms with Crippen LogP contribution in [0.1, 0.15) is 39.2 Å². The van der Waals surface area contributed by atoms with Crippen molar-refractivity contribution in [3.63, 3.8) is 0 Å². The minimum absolute atomic E-state index is 0.110. The highest BCUT2D eigenvalue weighted by Crippen LogP contribution is 2.31. The monoisotopic (exact) mass is 405 g/mol. The molecule has 0 radical (unpaired) electrons. The van der Waals surface area contributed by atoms with E-state index in [9.17, 15) is 4.79 Å². The molecular formula is C24H27N3OS. The minimum atomic E-state index is -0.110. The number of carbonyl (C=O) groups is 1. The number of benzene rings is 2. The summed E-state index contributed by atoms with van der Waals surface area (Å²) in [6.45, 7) is 6.61. The van der Waals surface area contributed by atoms with Crippen LogP contribution in [0.2, 0.25) is 0 Å².